The lowest BCUT2D eigenvalue weighted by molar-refractivity contribution is -0.0128. The summed E-state index contributed by atoms with van der Waals surface area (Å²) in [6.07, 6.45) is 1.74. The van der Waals surface area contributed by atoms with E-state index in [0.717, 1.165) is 36.1 Å². The Balaban J connectivity index is 0.000000855. The zero-order valence-electron chi connectivity index (χ0n) is 17.1. The molecule has 0 fully saturated rings. The molecule has 0 radical (unpaired) electrons. The zero-order chi connectivity index (χ0) is 20.3. The highest BCUT2D eigenvalue weighted by atomic mass is 19.1. The van der Waals surface area contributed by atoms with Gasteiger partial charge < -0.3 is 10.1 Å². The fraction of sp³-hybridized carbons (Fsp3) is 0.435. The molecule has 1 atom stereocenters. The van der Waals surface area contributed by atoms with Gasteiger partial charge in [0.2, 0.25) is 0 Å². The minimum atomic E-state index is -0.562. The van der Waals surface area contributed by atoms with Gasteiger partial charge in [0.15, 0.2) is 0 Å². The van der Waals surface area contributed by atoms with Crippen LogP contribution in [0.25, 0.3) is 0 Å². The molecule has 3 rings (SSSR count). The second-order valence-electron chi connectivity index (χ2n) is 5.81. The van der Waals surface area contributed by atoms with E-state index in [2.05, 4.69) is 11.4 Å². The molecule has 0 saturated carbocycles. The average molecular weight is 371 g/mol. The molecule has 0 aromatic heterocycles. The van der Waals surface area contributed by atoms with E-state index in [1.165, 1.54) is 12.1 Å². The lowest BCUT2D eigenvalue weighted by Gasteiger charge is -2.30. The van der Waals surface area contributed by atoms with E-state index in [1.807, 2.05) is 52.9 Å². The standard InChI is InChI=1S/C19H19FN2O.2C2H6/c1-22-10-2-9-19(16-4-6-17(20)7-5-16)18-8-3-14(12-21)11-15(18)13-23-19;2*1-2/h3-8,11,22H,2,9-10,13H2,1H3;2*1-2H3/t19-;;/m0../s1. The van der Waals surface area contributed by atoms with E-state index >= 15 is 0 Å². The van der Waals surface area contributed by atoms with Crippen molar-refractivity contribution in [3.05, 3.63) is 70.5 Å². The number of benzene rings is 2. The van der Waals surface area contributed by atoms with Gasteiger partial charge in [-0.3, -0.25) is 0 Å². The second kappa shape index (κ2) is 11.5. The van der Waals surface area contributed by atoms with Gasteiger partial charge in [-0.25, -0.2) is 4.39 Å². The smallest absolute Gasteiger partial charge is 0.123 e. The Hall–Kier alpha value is -2.22. The summed E-state index contributed by atoms with van der Waals surface area (Å²) in [4.78, 5) is 0. The Labute approximate surface area is 163 Å². The first-order valence-electron chi connectivity index (χ1n) is 9.78. The second-order valence-corrected chi connectivity index (χ2v) is 5.81. The molecular formula is C23H31FN2O. The molecule has 1 N–H and O–H groups in total. The summed E-state index contributed by atoms with van der Waals surface area (Å²) in [6, 6.07) is 14.4. The topological polar surface area (TPSA) is 45.0 Å². The van der Waals surface area contributed by atoms with E-state index < -0.39 is 5.60 Å². The number of rotatable bonds is 5. The summed E-state index contributed by atoms with van der Waals surface area (Å²) >= 11 is 0. The highest BCUT2D eigenvalue weighted by molar-refractivity contribution is 5.47. The predicted octanol–water partition coefficient (Wildman–Crippen LogP) is 5.52. The van der Waals surface area contributed by atoms with Crippen molar-refractivity contribution in [1.29, 1.82) is 5.26 Å². The van der Waals surface area contributed by atoms with Crippen molar-refractivity contribution in [3.63, 3.8) is 0 Å². The van der Waals surface area contributed by atoms with Gasteiger partial charge in [-0.2, -0.15) is 5.26 Å². The minimum absolute atomic E-state index is 0.253. The number of ether oxygens (including phenoxy) is 1. The summed E-state index contributed by atoms with van der Waals surface area (Å²) < 4.78 is 19.5. The van der Waals surface area contributed by atoms with Crippen LogP contribution >= 0.6 is 0 Å². The average Bonchev–Trinajstić information content (AvgIpc) is 3.10. The van der Waals surface area contributed by atoms with Crippen LogP contribution in [0.3, 0.4) is 0 Å². The molecule has 0 saturated heterocycles. The Morgan fingerprint density at radius 1 is 1.11 bits per heavy atom. The van der Waals surface area contributed by atoms with Crippen molar-refractivity contribution in [3.8, 4) is 6.07 Å². The van der Waals surface area contributed by atoms with Crippen LogP contribution in [0.1, 0.15) is 62.8 Å². The third-order valence-corrected chi connectivity index (χ3v) is 4.41. The van der Waals surface area contributed by atoms with E-state index in [0.29, 0.717) is 12.2 Å². The molecule has 0 spiro atoms. The molecule has 1 aliphatic heterocycles. The number of hydrogen-bond acceptors (Lipinski definition) is 3. The van der Waals surface area contributed by atoms with E-state index in [9.17, 15) is 4.39 Å². The number of nitriles is 1. The van der Waals surface area contributed by atoms with Crippen LogP contribution in [0.4, 0.5) is 4.39 Å². The molecule has 0 unspecified atom stereocenters. The van der Waals surface area contributed by atoms with Crippen molar-refractivity contribution in [2.75, 3.05) is 13.6 Å². The summed E-state index contributed by atoms with van der Waals surface area (Å²) in [5.74, 6) is -0.253. The molecule has 1 heterocycles. The highest BCUT2D eigenvalue weighted by Gasteiger charge is 2.41. The Morgan fingerprint density at radius 2 is 1.78 bits per heavy atom. The van der Waals surface area contributed by atoms with Crippen LogP contribution in [0, 0.1) is 17.1 Å². The largest absolute Gasteiger partial charge is 0.361 e. The van der Waals surface area contributed by atoms with Gasteiger partial charge in [-0.1, -0.05) is 45.9 Å². The van der Waals surface area contributed by atoms with Gasteiger partial charge in [0.05, 0.1) is 18.2 Å². The molecule has 2 aromatic carbocycles. The third kappa shape index (κ3) is 5.15. The van der Waals surface area contributed by atoms with Crippen LogP contribution < -0.4 is 5.32 Å². The molecule has 0 bridgehead atoms. The molecule has 0 aliphatic carbocycles. The van der Waals surface area contributed by atoms with Gasteiger partial charge in [0, 0.05) is 0 Å². The number of fused-ring (bicyclic) bond motifs is 1. The maximum atomic E-state index is 13.3. The Morgan fingerprint density at radius 3 is 2.37 bits per heavy atom. The van der Waals surface area contributed by atoms with E-state index in [-0.39, 0.29) is 5.82 Å². The molecule has 2 aromatic rings. The lowest BCUT2D eigenvalue weighted by Crippen LogP contribution is -2.28. The fourth-order valence-corrected chi connectivity index (χ4v) is 3.28. The van der Waals surface area contributed by atoms with Crippen LogP contribution in [0.15, 0.2) is 42.5 Å². The van der Waals surface area contributed by atoms with Crippen molar-refractivity contribution >= 4 is 0 Å². The van der Waals surface area contributed by atoms with Crippen LogP contribution in [0.2, 0.25) is 0 Å². The fourth-order valence-electron chi connectivity index (χ4n) is 3.28. The number of hydrogen-bond donors (Lipinski definition) is 1. The maximum absolute atomic E-state index is 13.3. The number of halogens is 1. The van der Waals surface area contributed by atoms with Crippen LogP contribution in [-0.4, -0.2) is 13.6 Å². The normalized spacial score (nSPS) is 16.9. The zero-order valence-corrected chi connectivity index (χ0v) is 17.1. The van der Waals surface area contributed by atoms with Crippen molar-refractivity contribution in [1.82, 2.24) is 5.32 Å². The molecule has 27 heavy (non-hydrogen) atoms. The van der Waals surface area contributed by atoms with Gasteiger partial charge in [-0.15, -0.1) is 0 Å². The maximum Gasteiger partial charge on any atom is 0.123 e. The highest BCUT2D eigenvalue weighted by Crippen LogP contribution is 2.45. The quantitative estimate of drug-likeness (QED) is 0.705. The molecule has 3 nitrogen and oxygen atoms in total. The summed E-state index contributed by atoms with van der Waals surface area (Å²) in [5, 5.41) is 12.2. The molecule has 1 aliphatic rings. The van der Waals surface area contributed by atoms with Gasteiger partial charge in [0.1, 0.15) is 11.4 Å². The Bertz CT molecular complexity index is 737. The van der Waals surface area contributed by atoms with Gasteiger partial charge >= 0.3 is 0 Å². The first-order valence-corrected chi connectivity index (χ1v) is 9.78. The van der Waals surface area contributed by atoms with E-state index in [4.69, 9.17) is 10.00 Å². The SMILES string of the molecule is CC.CC.CNCCC[C@@]1(c2ccc(F)cc2)OCc2cc(C#N)ccc21. The summed E-state index contributed by atoms with van der Waals surface area (Å²) in [6.45, 7) is 9.36. The monoisotopic (exact) mass is 370 g/mol. The number of nitrogens with zero attached hydrogens (tertiary/aromatic N) is 1. The molecule has 4 heteroatoms. The van der Waals surface area contributed by atoms with Crippen LogP contribution in [-0.2, 0) is 16.9 Å². The Kier molecular flexibility index (Phi) is 9.71. The van der Waals surface area contributed by atoms with E-state index in [1.54, 1.807) is 12.1 Å². The molecular weight excluding hydrogens is 339 g/mol. The summed E-state index contributed by atoms with van der Waals surface area (Å²) in [5.41, 5.74) is 3.15. The van der Waals surface area contributed by atoms with Crippen molar-refractivity contribution < 1.29 is 9.13 Å². The van der Waals surface area contributed by atoms with Gasteiger partial charge in [0.25, 0.3) is 0 Å². The molecule has 0 amide bonds. The first-order chi connectivity index (χ1) is 13.2. The van der Waals surface area contributed by atoms with Crippen LogP contribution in [0.5, 0.6) is 0 Å². The predicted molar refractivity (Wildman–Crippen MR) is 109 cm³/mol. The van der Waals surface area contributed by atoms with Gasteiger partial charge in [-0.05, 0) is 67.4 Å². The number of nitrogens with one attached hydrogen (secondary N) is 1. The molecule has 146 valence electrons. The third-order valence-electron chi connectivity index (χ3n) is 4.41. The van der Waals surface area contributed by atoms with Crippen molar-refractivity contribution in [2.45, 2.75) is 52.7 Å². The minimum Gasteiger partial charge on any atom is -0.361 e. The van der Waals surface area contributed by atoms with Crippen molar-refractivity contribution in [2.24, 2.45) is 0 Å². The lowest BCUT2D eigenvalue weighted by atomic mass is 9.81. The first kappa shape index (κ1) is 22.8. The summed E-state index contributed by atoms with van der Waals surface area (Å²) in [7, 11) is 1.92.